The Bertz CT molecular complexity index is 695. The Kier molecular flexibility index (Phi) is 4.72. The predicted octanol–water partition coefficient (Wildman–Crippen LogP) is 1.92. The van der Waals surface area contributed by atoms with E-state index in [1.807, 2.05) is 0 Å². The van der Waals surface area contributed by atoms with Gasteiger partial charge in [-0.3, -0.25) is 9.59 Å². The number of nitrogens with one attached hydrogen (secondary N) is 3. The van der Waals surface area contributed by atoms with Gasteiger partial charge in [0.25, 0.3) is 0 Å². The van der Waals surface area contributed by atoms with Gasteiger partial charge < -0.3 is 25.4 Å². The summed E-state index contributed by atoms with van der Waals surface area (Å²) < 4.78 is 10.5. The molecule has 4 rings (SSSR count). The maximum atomic E-state index is 12.3. The summed E-state index contributed by atoms with van der Waals surface area (Å²) in [5.41, 5.74) is 0.658. The Labute approximate surface area is 152 Å². The van der Waals surface area contributed by atoms with Crippen molar-refractivity contribution in [2.24, 2.45) is 0 Å². The molecule has 3 N–H and O–H groups in total. The lowest BCUT2D eigenvalue weighted by molar-refractivity contribution is -0.136. The molecule has 1 saturated carbocycles. The molecule has 1 aromatic rings. The van der Waals surface area contributed by atoms with E-state index in [2.05, 4.69) is 16.0 Å². The smallest absolute Gasteiger partial charge is 0.313 e. The fraction of sp³-hybridized carbons (Fsp3) is 0.579. The van der Waals surface area contributed by atoms with E-state index < -0.39 is 11.8 Å². The number of anilines is 1. The van der Waals surface area contributed by atoms with Crippen molar-refractivity contribution >= 4 is 17.5 Å². The standard InChI is InChI=1S/C19H25N3O4/c23-17(21-13-4-5-15-16(10-13)26-12-25-15)18(24)22-14-6-9-20-19(11-14)7-2-1-3-8-19/h4-5,10,14,20H,1-3,6-9,11-12H2,(H,21,23)(H,22,24). The van der Waals surface area contributed by atoms with Crippen LogP contribution in [-0.4, -0.2) is 36.7 Å². The van der Waals surface area contributed by atoms with Crippen molar-refractivity contribution < 1.29 is 19.1 Å². The van der Waals surface area contributed by atoms with E-state index in [0.29, 0.717) is 17.2 Å². The molecule has 26 heavy (non-hydrogen) atoms. The Morgan fingerprint density at radius 2 is 1.88 bits per heavy atom. The molecule has 0 aromatic heterocycles. The molecule has 0 radical (unpaired) electrons. The normalized spacial score (nSPS) is 23.5. The second-order valence-electron chi connectivity index (χ2n) is 7.45. The Morgan fingerprint density at radius 3 is 2.73 bits per heavy atom. The Hall–Kier alpha value is -2.28. The number of amides is 2. The first-order chi connectivity index (χ1) is 12.6. The zero-order valence-electron chi connectivity index (χ0n) is 14.8. The molecule has 2 amide bonds. The molecule has 140 valence electrons. The van der Waals surface area contributed by atoms with Crippen LogP contribution < -0.4 is 25.4 Å². The molecule has 2 heterocycles. The van der Waals surface area contributed by atoms with Gasteiger partial charge in [-0.05, 0) is 44.4 Å². The van der Waals surface area contributed by atoms with Gasteiger partial charge >= 0.3 is 11.8 Å². The van der Waals surface area contributed by atoms with Gasteiger partial charge in [0.05, 0.1) is 0 Å². The highest BCUT2D eigenvalue weighted by Gasteiger charge is 2.37. The highest BCUT2D eigenvalue weighted by atomic mass is 16.7. The molecule has 1 aromatic carbocycles. The molecule has 2 fully saturated rings. The number of carbonyl (C=O) groups excluding carboxylic acids is 2. The molecule has 0 bridgehead atoms. The van der Waals surface area contributed by atoms with E-state index in [9.17, 15) is 9.59 Å². The van der Waals surface area contributed by atoms with Crippen LogP contribution in [0, 0.1) is 0 Å². The van der Waals surface area contributed by atoms with Gasteiger partial charge in [-0.2, -0.15) is 0 Å². The summed E-state index contributed by atoms with van der Waals surface area (Å²) in [5, 5.41) is 9.20. The number of rotatable bonds is 2. The van der Waals surface area contributed by atoms with Crippen LogP contribution in [0.15, 0.2) is 18.2 Å². The largest absolute Gasteiger partial charge is 0.454 e. The number of benzene rings is 1. The van der Waals surface area contributed by atoms with E-state index >= 15 is 0 Å². The van der Waals surface area contributed by atoms with Crippen LogP contribution >= 0.6 is 0 Å². The molecule has 7 nitrogen and oxygen atoms in total. The predicted molar refractivity (Wildman–Crippen MR) is 96.2 cm³/mol. The quantitative estimate of drug-likeness (QED) is 0.702. The summed E-state index contributed by atoms with van der Waals surface area (Å²) in [5.74, 6) is -0.0265. The second-order valence-corrected chi connectivity index (χ2v) is 7.45. The third-order valence-electron chi connectivity index (χ3n) is 5.61. The first-order valence-corrected chi connectivity index (χ1v) is 9.40. The average Bonchev–Trinajstić information content (AvgIpc) is 3.10. The summed E-state index contributed by atoms with van der Waals surface area (Å²) in [6.45, 7) is 1.05. The molecule has 1 atom stereocenters. The first-order valence-electron chi connectivity index (χ1n) is 9.40. The zero-order chi connectivity index (χ0) is 18.0. The topological polar surface area (TPSA) is 88.7 Å². The van der Waals surface area contributed by atoms with Crippen molar-refractivity contribution in [1.29, 1.82) is 0 Å². The minimum Gasteiger partial charge on any atom is -0.454 e. The summed E-state index contributed by atoms with van der Waals surface area (Å²) >= 11 is 0. The van der Waals surface area contributed by atoms with Crippen LogP contribution in [-0.2, 0) is 9.59 Å². The van der Waals surface area contributed by atoms with Crippen LogP contribution in [0.5, 0.6) is 11.5 Å². The van der Waals surface area contributed by atoms with Crippen molar-refractivity contribution in [2.45, 2.75) is 56.5 Å². The van der Waals surface area contributed by atoms with Crippen molar-refractivity contribution in [2.75, 3.05) is 18.7 Å². The van der Waals surface area contributed by atoms with Crippen molar-refractivity contribution in [3.63, 3.8) is 0 Å². The lowest BCUT2D eigenvalue weighted by Gasteiger charge is -2.44. The number of hydrogen-bond acceptors (Lipinski definition) is 5. The van der Waals surface area contributed by atoms with Gasteiger partial charge in [0, 0.05) is 23.3 Å². The molecule has 1 aliphatic carbocycles. The SMILES string of the molecule is O=C(Nc1ccc2c(c1)OCO2)C(=O)NC1CCNC2(CCCCC2)C1. The Balaban J connectivity index is 1.33. The van der Waals surface area contributed by atoms with Crippen LogP contribution in [0.1, 0.15) is 44.9 Å². The van der Waals surface area contributed by atoms with E-state index in [4.69, 9.17) is 9.47 Å². The number of hydrogen-bond donors (Lipinski definition) is 3. The van der Waals surface area contributed by atoms with E-state index in [1.54, 1.807) is 18.2 Å². The van der Waals surface area contributed by atoms with Crippen LogP contribution in [0.25, 0.3) is 0 Å². The van der Waals surface area contributed by atoms with Crippen LogP contribution in [0.4, 0.5) is 5.69 Å². The number of carbonyl (C=O) groups is 2. The van der Waals surface area contributed by atoms with E-state index in [0.717, 1.165) is 32.2 Å². The molecule has 1 saturated heterocycles. The fourth-order valence-corrected chi connectivity index (χ4v) is 4.30. The van der Waals surface area contributed by atoms with E-state index in [-0.39, 0.29) is 18.4 Å². The lowest BCUT2D eigenvalue weighted by Crippen LogP contribution is -2.57. The fourth-order valence-electron chi connectivity index (χ4n) is 4.30. The molecular formula is C19H25N3O4. The van der Waals surface area contributed by atoms with E-state index in [1.165, 1.54) is 19.3 Å². The highest BCUT2D eigenvalue weighted by molar-refractivity contribution is 6.39. The van der Waals surface area contributed by atoms with Gasteiger partial charge in [-0.25, -0.2) is 0 Å². The number of fused-ring (bicyclic) bond motifs is 1. The lowest BCUT2D eigenvalue weighted by atomic mass is 9.75. The molecule has 1 unspecified atom stereocenters. The molecule has 1 spiro atoms. The zero-order valence-corrected chi connectivity index (χ0v) is 14.8. The molecule has 3 aliphatic rings. The number of ether oxygens (including phenoxy) is 2. The summed E-state index contributed by atoms with van der Waals surface area (Å²) in [7, 11) is 0. The summed E-state index contributed by atoms with van der Waals surface area (Å²) in [6.07, 6.45) is 7.82. The maximum Gasteiger partial charge on any atom is 0.313 e. The van der Waals surface area contributed by atoms with Gasteiger partial charge in [0.1, 0.15) is 0 Å². The maximum absolute atomic E-state index is 12.3. The highest BCUT2D eigenvalue weighted by Crippen LogP contribution is 2.35. The van der Waals surface area contributed by atoms with Gasteiger partial charge in [-0.15, -0.1) is 0 Å². The first kappa shape index (κ1) is 17.1. The van der Waals surface area contributed by atoms with Crippen LogP contribution in [0.3, 0.4) is 0 Å². The van der Waals surface area contributed by atoms with Crippen LogP contribution in [0.2, 0.25) is 0 Å². The third kappa shape index (κ3) is 3.62. The molecule has 2 aliphatic heterocycles. The van der Waals surface area contributed by atoms with Gasteiger partial charge in [0.2, 0.25) is 6.79 Å². The Morgan fingerprint density at radius 1 is 1.08 bits per heavy atom. The minimum absolute atomic E-state index is 0.0457. The third-order valence-corrected chi connectivity index (χ3v) is 5.61. The monoisotopic (exact) mass is 359 g/mol. The van der Waals surface area contributed by atoms with Crippen molar-refractivity contribution in [1.82, 2.24) is 10.6 Å². The number of piperidine rings is 1. The minimum atomic E-state index is -0.653. The van der Waals surface area contributed by atoms with Crippen molar-refractivity contribution in [3.05, 3.63) is 18.2 Å². The molecular weight excluding hydrogens is 334 g/mol. The second kappa shape index (κ2) is 7.15. The molecule has 7 heteroatoms. The summed E-state index contributed by atoms with van der Waals surface area (Å²) in [4.78, 5) is 24.6. The van der Waals surface area contributed by atoms with Gasteiger partial charge in [-0.1, -0.05) is 19.3 Å². The van der Waals surface area contributed by atoms with Crippen molar-refractivity contribution in [3.8, 4) is 11.5 Å². The van der Waals surface area contributed by atoms with Gasteiger partial charge in [0.15, 0.2) is 11.5 Å². The average molecular weight is 359 g/mol. The summed E-state index contributed by atoms with van der Waals surface area (Å²) in [6, 6.07) is 5.12.